The van der Waals surface area contributed by atoms with Crippen LogP contribution in [0, 0.1) is 22.7 Å². The van der Waals surface area contributed by atoms with Crippen LogP contribution < -0.4 is 0 Å². The van der Waals surface area contributed by atoms with Crippen LogP contribution in [-0.2, 0) is 14.4 Å². The van der Waals surface area contributed by atoms with Crippen LogP contribution in [0.2, 0.25) is 0 Å². The molecule has 88 valence electrons. The van der Waals surface area contributed by atoms with Gasteiger partial charge in [0, 0.05) is 13.0 Å². The standard InChI is InChI=1S/C11H16N2O3/c1-11(2,3)10(15)16-13-5-4-9(14)8(6-12)7-13/h8H,4-5,7H2,1-3H3. The minimum Gasteiger partial charge on any atom is -0.367 e. The third kappa shape index (κ3) is 3.04. The van der Waals surface area contributed by atoms with Crippen molar-refractivity contribution in [2.45, 2.75) is 27.2 Å². The van der Waals surface area contributed by atoms with Crippen LogP contribution >= 0.6 is 0 Å². The number of carbonyl (C=O) groups is 2. The molecule has 0 saturated carbocycles. The second kappa shape index (κ2) is 4.62. The van der Waals surface area contributed by atoms with Gasteiger partial charge in [0.1, 0.15) is 5.92 Å². The molecule has 0 radical (unpaired) electrons. The number of nitrogens with zero attached hydrogens (tertiary/aromatic N) is 2. The highest BCUT2D eigenvalue weighted by Gasteiger charge is 2.32. The van der Waals surface area contributed by atoms with E-state index in [9.17, 15) is 9.59 Å². The second-order valence-electron chi connectivity index (χ2n) is 4.91. The minimum atomic E-state index is -0.679. The SMILES string of the molecule is CC(C)(C)C(=O)ON1CCC(=O)C(C#N)C1. The number of rotatable bonds is 1. The van der Waals surface area contributed by atoms with Gasteiger partial charge in [-0.15, -0.1) is 5.06 Å². The first-order chi connectivity index (χ1) is 7.34. The molecule has 0 spiro atoms. The predicted octanol–water partition coefficient (Wildman–Crippen LogP) is 0.905. The molecular formula is C11H16N2O3. The highest BCUT2D eigenvalue weighted by Crippen LogP contribution is 2.19. The first-order valence-electron chi connectivity index (χ1n) is 5.24. The molecule has 0 aromatic rings. The molecule has 16 heavy (non-hydrogen) atoms. The lowest BCUT2D eigenvalue weighted by Crippen LogP contribution is -2.43. The summed E-state index contributed by atoms with van der Waals surface area (Å²) in [4.78, 5) is 28.0. The Morgan fingerprint density at radius 1 is 1.56 bits per heavy atom. The lowest BCUT2D eigenvalue weighted by atomic mass is 9.97. The van der Waals surface area contributed by atoms with Crippen LogP contribution in [0.3, 0.4) is 0 Å². The van der Waals surface area contributed by atoms with E-state index < -0.39 is 11.3 Å². The Hall–Kier alpha value is -1.41. The number of Topliss-reactive ketones (excluding diaryl/α,β-unsaturated/α-hetero) is 1. The van der Waals surface area contributed by atoms with Gasteiger partial charge in [0.05, 0.1) is 18.0 Å². The molecular weight excluding hydrogens is 208 g/mol. The molecule has 1 rings (SSSR count). The molecule has 1 unspecified atom stereocenters. The van der Waals surface area contributed by atoms with E-state index in [1.807, 2.05) is 6.07 Å². The van der Waals surface area contributed by atoms with E-state index in [-0.39, 0.29) is 24.7 Å². The van der Waals surface area contributed by atoms with Crippen LogP contribution in [0.5, 0.6) is 0 Å². The molecule has 5 heteroatoms. The fourth-order valence-electron chi connectivity index (χ4n) is 1.26. The molecule has 1 saturated heterocycles. The summed E-state index contributed by atoms with van der Waals surface area (Å²) in [6, 6.07) is 1.91. The molecule has 1 atom stereocenters. The monoisotopic (exact) mass is 224 g/mol. The molecule has 1 aliphatic heterocycles. The van der Waals surface area contributed by atoms with E-state index in [0.717, 1.165) is 0 Å². The fourth-order valence-corrected chi connectivity index (χ4v) is 1.26. The van der Waals surface area contributed by atoms with Gasteiger partial charge in [0.25, 0.3) is 0 Å². The van der Waals surface area contributed by atoms with Gasteiger partial charge in [-0.1, -0.05) is 0 Å². The average molecular weight is 224 g/mol. The maximum atomic E-state index is 11.6. The molecule has 5 nitrogen and oxygen atoms in total. The lowest BCUT2D eigenvalue weighted by Gasteiger charge is -2.29. The van der Waals surface area contributed by atoms with E-state index >= 15 is 0 Å². The van der Waals surface area contributed by atoms with Crippen molar-refractivity contribution in [3.05, 3.63) is 0 Å². The molecule has 0 aliphatic carbocycles. The van der Waals surface area contributed by atoms with Gasteiger partial charge in [0.2, 0.25) is 0 Å². The van der Waals surface area contributed by atoms with Crippen molar-refractivity contribution in [1.82, 2.24) is 5.06 Å². The summed E-state index contributed by atoms with van der Waals surface area (Å²) in [5.74, 6) is -1.11. The van der Waals surface area contributed by atoms with Crippen molar-refractivity contribution in [2.75, 3.05) is 13.1 Å². The molecule has 0 N–H and O–H groups in total. The fraction of sp³-hybridized carbons (Fsp3) is 0.727. The number of hydrogen-bond donors (Lipinski definition) is 0. The van der Waals surface area contributed by atoms with E-state index in [0.29, 0.717) is 6.54 Å². The highest BCUT2D eigenvalue weighted by molar-refractivity contribution is 5.84. The highest BCUT2D eigenvalue weighted by atomic mass is 16.7. The van der Waals surface area contributed by atoms with Gasteiger partial charge in [0.15, 0.2) is 5.78 Å². The number of nitriles is 1. The van der Waals surface area contributed by atoms with Crippen molar-refractivity contribution in [3.8, 4) is 6.07 Å². The Labute approximate surface area is 94.9 Å². The van der Waals surface area contributed by atoms with E-state index in [4.69, 9.17) is 10.1 Å². The van der Waals surface area contributed by atoms with Gasteiger partial charge in [-0.25, -0.2) is 4.79 Å². The van der Waals surface area contributed by atoms with E-state index in [1.165, 1.54) is 5.06 Å². The number of hydroxylamine groups is 2. The van der Waals surface area contributed by atoms with Crippen LogP contribution in [0.4, 0.5) is 0 Å². The van der Waals surface area contributed by atoms with Gasteiger partial charge in [-0.05, 0) is 20.8 Å². The van der Waals surface area contributed by atoms with Crippen molar-refractivity contribution >= 4 is 11.8 Å². The van der Waals surface area contributed by atoms with Crippen molar-refractivity contribution < 1.29 is 14.4 Å². The van der Waals surface area contributed by atoms with Crippen LogP contribution in [-0.4, -0.2) is 29.9 Å². The summed E-state index contributed by atoms with van der Waals surface area (Å²) in [5, 5.41) is 10.1. The smallest absolute Gasteiger partial charge is 0.330 e. The van der Waals surface area contributed by atoms with Crippen molar-refractivity contribution in [1.29, 1.82) is 5.26 Å². The Kier molecular flexibility index (Phi) is 3.66. The quantitative estimate of drug-likeness (QED) is 0.662. The summed E-state index contributed by atoms with van der Waals surface area (Å²) in [6.07, 6.45) is 0.260. The molecule has 1 fully saturated rings. The second-order valence-corrected chi connectivity index (χ2v) is 4.91. The average Bonchev–Trinajstić information content (AvgIpc) is 2.19. The zero-order valence-corrected chi connectivity index (χ0v) is 9.82. The third-order valence-corrected chi connectivity index (χ3v) is 2.36. The molecule has 1 aliphatic rings. The summed E-state index contributed by atoms with van der Waals surface area (Å²) < 4.78 is 0. The van der Waals surface area contributed by atoms with Gasteiger partial charge >= 0.3 is 5.97 Å². The van der Waals surface area contributed by atoms with Crippen LogP contribution in [0.1, 0.15) is 27.2 Å². The normalized spacial score (nSPS) is 22.6. The Morgan fingerprint density at radius 2 is 2.19 bits per heavy atom. The Morgan fingerprint density at radius 3 is 2.69 bits per heavy atom. The van der Waals surface area contributed by atoms with E-state index in [1.54, 1.807) is 20.8 Å². The first kappa shape index (κ1) is 12.7. The summed E-state index contributed by atoms with van der Waals surface area (Å²) in [5.41, 5.74) is -0.580. The number of carbonyl (C=O) groups excluding carboxylic acids is 2. The number of hydrogen-bond acceptors (Lipinski definition) is 5. The Balaban J connectivity index is 2.55. The summed E-state index contributed by atoms with van der Waals surface area (Å²) >= 11 is 0. The zero-order chi connectivity index (χ0) is 12.3. The number of piperidine rings is 1. The van der Waals surface area contributed by atoms with Gasteiger partial charge in [-0.3, -0.25) is 4.79 Å². The van der Waals surface area contributed by atoms with Crippen molar-refractivity contribution in [2.24, 2.45) is 11.3 Å². The summed E-state index contributed by atoms with van der Waals surface area (Å²) in [6.45, 7) is 5.82. The minimum absolute atomic E-state index is 0.0782. The largest absolute Gasteiger partial charge is 0.367 e. The van der Waals surface area contributed by atoms with Crippen LogP contribution in [0.15, 0.2) is 0 Å². The lowest BCUT2D eigenvalue weighted by molar-refractivity contribution is -0.206. The van der Waals surface area contributed by atoms with E-state index in [2.05, 4.69) is 0 Å². The van der Waals surface area contributed by atoms with Gasteiger partial charge < -0.3 is 4.84 Å². The van der Waals surface area contributed by atoms with Crippen molar-refractivity contribution in [3.63, 3.8) is 0 Å². The van der Waals surface area contributed by atoms with Gasteiger partial charge in [-0.2, -0.15) is 5.26 Å². The molecule has 0 aromatic heterocycles. The molecule has 1 heterocycles. The molecule has 0 aromatic carbocycles. The maximum Gasteiger partial charge on any atom is 0.330 e. The third-order valence-electron chi connectivity index (χ3n) is 2.36. The first-order valence-corrected chi connectivity index (χ1v) is 5.24. The molecule has 0 bridgehead atoms. The zero-order valence-electron chi connectivity index (χ0n) is 9.82. The van der Waals surface area contributed by atoms with Crippen LogP contribution in [0.25, 0.3) is 0 Å². The Bertz CT molecular complexity index is 338. The number of ketones is 1. The molecule has 0 amide bonds. The maximum absolute atomic E-state index is 11.6. The predicted molar refractivity (Wildman–Crippen MR) is 55.8 cm³/mol. The topological polar surface area (TPSA) is 70.4 Å². The summed E-state index contributed by atoms with van der Waals surface area (Å²) in [7, 11) is 0.